The third-order valence-electron chi connectivity index (χ3n) is 3.18. The zero-order valence-electron chi connectivity index (χ0n) is 12.9. The molecular weight excluding hydrogens is 373 g/mol. The van der Waals surface area contributed by atoms with Gasteiger partial charge in [0.2, 0.25) is 5.88 Å². The second-order valence-electron chi connectivity index (χ2n) is 4.85. The molecule has 1 N–H and O–H groups in total. The van der Waals surface area contributed by atoms with E-state index in [1.54, 1.807) is 14.0 Å². The van der Waals surface area contributed by atoms with Crippen LogP contribution in [0.25, 0.3) is 0 Å². The molecule has 0 bridgehead atoms. The van der Waals surface area contributed by atoms with Crippen molar-refractivity contribution in [3.8, 4) is 11.8 Å². The summed E-state index contributed by atoms with van der Waals surface area (Å²) in [5.41, 5.74) is 1.60. The van der Waals surface area contributed by atoms with Gasteiger partial charge in [-0.3, -0.25) is 0 Å². The average Bonchev–Trinajstić information content (AvgIpc) is 2.81. The first kappa shape index (κ1) is 18.5. The first-order chi connectivity index (χ1) is 11.3. The molecule has 8 heteroatoms. The topological polar surface area (TPSA) is 70.5 Å². The van der Waals surface area contributed by atoms with Crippen LogP contribution in [0.5, 0.6) is 5.75 Å². The Balaban J connectivity index is 2.17. The molecular formula is C16H14Cl3N3O2. The second-order valence-corrected chi connectivity index (χ2v) is 7.37. The van der Waals surface area contributed by atoms with Crippen molar-refractivity contribution in [3.05, 3.63) is 41.2 Å². The summed E-state index contributed by atoms with van der Waals surface area (Å²) in [5, 5.41) is 12.3. The first-order valence-corrected chi connectivity index (χ1v) is 7.99. The van der Waals surface area contributed by atoms with Gasteiger partial charge in [0, 0.05) is 17.7 Å². The summed E-state index contributed by atoms with van der Waals surface area (Å²) in [5.74, 6) is 1.41. The molecule has 0 aliphatic carbocycles. The molecule has 2 rings (SSSR count). The van der Waals surface area contributed by atoms with Crippen LogP contribution in [0, 0.1) is 18.3 Å². The molecule has 0 amide bonds. The number of rotatable bonds is 5. The van der Waals surface area contributed by atoms with Gasteiger partial charge in [0.1, 0.15) is 23.1 Å². The fraction of sp³-hybridized carbons (Fsp3) is 0.250. The highest BCUT2D eigenvalue weighted by molar-refractivity contribution is 6.67. The van der Waals surface area contributed by atoms with Crippen LogP contribution in [0.3, 0.4) is 0 Å². The molecule has 24 heavy (non-hydrogen) atoms. The monoisotopic (exact) mass is 385 g/mol. The Morgan fingerprint density at radius 1 is 1.33 bits per heavy atom. The Morgan fingerprint density at radius 2 is 2.00 bits per heavy atom. The van der Waals surface area contributed by atoms with Gasteiger partial charge in [0.05, 0.1) is 13.4 Å². The SMILES string of the molecule is COc1ccc(N/C=N/c2oc(C)c(CC(Cl)(Cl)Cl)c2C#N)cc1. The molecule has 1 aromatic carbocycles. The number of furan rings is 1. The lowest BCUT2D eigenvalue weighted by Gasteiger charge is -2.09. The minimum atomic E-state index is -1.51. The number of hydrogen-bond donors (Lipinski definition) is 1. The van der Waals surface area contributed by atoms with Crippen molar-refractivity contribution in [2.45, 2.75) is 17.1 Å². The van der Waals surface area contributed by atoms with Gasteiger partial charge in [0.25, 0.3) is 0 Å². The third-order valence-corrected chi connectivity index (χ3v) is 3.58. The molecule has 0 aliphatic heterocycles. The van der Waals surface area contributed by atoms with E-state index in [-0.39, 0.29) is 17.9 Å². The number of aliphatic imine (C=N–C) groups is 1. The van der Waals surface area contributed by atoms with Gasteiger partial charge in [-0.25, -0.2) is 4.99 Å². The van der Waals surface area contributed by atoms with Crippen LogP contribution < -0.4 is 10.1 Å². The summed E-state index contributed by atoms with van der Waals surface area (Å²) in [4.78, 5) is 4.14. The zero-order chi connectivity index (χ0) is 17.7. The van der Waals surface area contributed by atoms with E-state index in [2.05, 4.69) is 10.3 Å². The molecule has 0 unspecified atom stereocenters. The minimum absolute atomic E-state index is 0.0668. The van der Waals surface area contributed by atoms with Crippen LogP contribution in [0.15, 0.2) is 33.7 Å². The normalized spacial score (nSPS) is 11.5. The van der Waals surface area contributed by atoms with E-state index in [4.69, 9.17) is 44.0 Å². The van der Waals surface area contributed by atoms with E-state index in [9.17, 15) is 5.26 Å². The summed E-state index contributed by atoms with van der Waals surface area (Å²) in [6.45, 7) is 1.70. The summed E-state index contributed by atoms with van der Waals surface area (Å²) >= 11 is 17.4. The molecule has 126 valence electrons. The van der Waals surface area contributed by atoms with Crippen LogP contribution in [0.1, 0.15) is 16.9 Å². The molecule has 0 saturated heterocycles. The maximum absolute atomic E-state index is 9.34. The highest BCUT2D eigenvalue weighted by Gasteiger charge is 2.27. The molecule has 0 saturated carbocycles. The fourth-order valence-corrected chi connectivity index (χ4v) is 2.44. The van der Waals surface area contributed by atoms with Gasteiger partial charge in [0.15, 0.2) is 3.79 Å². The smallest absolute Gasteiger partial charge is 0.238 e. The highest BCUT2D eigenvalue weighted by atomic mass is 35.6. The molecule has 1 heterocycles. The maximum atomic E-state index is 9.34. The predicted octanol–water partition coefficient (Wildman–Crippen LogP) is 5.15. The van der Waals surface area contributed by atoms with E-state index >= 15 is 0 Å². The lowest BCUT2D eigenvalue weighted by Crippen LogP contribution is -2.08. The maximum Gasteiger partial charge on any atom is 0.238 e. The number of benzene rings is 1. The number of nitrogens with zero attached hydrogens (tertiary/aromatic N) is 2. The number of aryl methyl sites for hydroxylation is 1. The number of anilines is 1. The Kier molecular flexibility index (Phi) is 6.00. The van der Waals surface area contributed by atoms with E-state index in [0.717, 1.165) is 11.4 Å². The van der Waals surface area contributed by atoms with Gasteiger partial charge < -0.3 is 14.5 Å². The van der Waals surface area contributed by atoms with Crippen molar-refractivity contribution in [1.29, 1.82) is 5.26 Å². The third kappa shape index (κ3) is 4.81. The van der Waals surface area contributed by atoms with Gasteiger partial charge in [-0.1, -0.05) is 34.8 Å². The molecule has 0 aliphatic rings. The minimum Gasteiger partial charge on any atom is -0.497 e. The Bertz CT molecular complexity index is 772. The highest BCUT2D eigenvalue weighted by Crippen LogP contribution is 2.36. The number of nitrogens with one attached hydrogen (secondary N) is 1. The van der Waals surface area contributed by atoms with Crippen molar-refractivity contribution in [1.82, 2.24) is 0 Å². The molecule has 0 fully saturated rings. The summed E-state index contributed by atoms with van der Waals surface area (Å²) in [6.07, 6.45) is 1.50. The van der Waals surface area contributed by atoms with Crippen molar-refractivity contribution >= 4 is 52.7 Å². The number of methoxy groups -OCH3 is 1. The molecule has 1 aromatic heterocycles. The number of alkyl halides is 3. The predicted molar refractivity (Wildman–Crippen MR) is 96.9 cm³/mol. The van der Waals surface area contributed by atoms with Gasteiger partial charge in [-0.15, -0.1) is 0 Å². The lowest BCUT2D eigenvalue weighted by atomic mass is 10.1. The second kappa shape index (κ2) is 7.80. The standard InChI is InChI=1S/C16H14Cl3N3O2/c1-10-13(7-16(17,18)19)14(8-20)15(24-10)22-9-21-11-3-5-12(23-2)6-4-11/h3-6,9H,7H2,1-2H3,(H,21,22). The lowest BCUT2D eigenvalue weighted by molar-refractivity contribution is 0.415. The van der Waals surface area contributed by atoms with Crippen LogP contribution in [0.2, 0.25) is 0 Å². The summed E-state index contributed by atoms with van der Waals surface area (Å²) < 4.78 is 9.07. The average molecular weight is 387 g/mol. The van der Waals surface area contributed by atoms with E-state index in [1.165, 1.54) is 6.34 Å². The van der Waals surface area contributed by atoms with Gasteiger partial charge >= 0.3 is 0 Å². The largest absolute Gasteiger partial charge is 0.497 e. The van der Waals surface area contributed by atoms with Crippen LogP contribution >= 0.6 is 34.8 Å². The van der Waals surface area contributed by atoms with Crippen molar-refractivity contribution < 1.29 is 9.15 Å². The van der Waals surface area contributed by atoms with E-state index in [1.807, 2.05) is 30.3 Å². The Labute approximate surface area is 154 Å². The number of ether oxygens (including phenoxy) is 1. The number of hydrogen-bond acceptors (Lipinski definition) is 4. The molecule has 2 aromatic rings. The van der Waals surface area contributed by atoms with E-state index in [0.29, 0.717) is 11.3 Å². The molecule has 0 spiro atoms. The van der Waals surface area contributed by atoms with Crippen LogP contribution in [0.4, 0.5) is 11.6 Å². The summed E-state index contributed by atoms with van der Waals surface area (Å²) in [6, 6.07) is 9.33. The van der Waals surface area contributed by atoms with Gasteiger partial charge in [-0.05, 0) is 31.2 Å². The Morgan fingerprint density at radius 3 is 2.54 bits per heavy atom. The fourth-order valence-electron chi connectivity index (χ4n) is 2.03. The number of nitriles is 1. The van der Waals surface area contributed by atoms with E-state index < -0.39 is 3.79 Å². The quantitative estimate of drug-likeness (QED) is 0.438. The Hall–Kier alpha value is -1.87. The van der Waals surface area contributed by atoms with Crippen LogP contribution in [-0.4, -0.2) is 17.2 Å². The van der Waals surface area contributed by atoms with Crippen molar-refractivity contribution in [2.24, 2.45) is 4.99 Å². The van der Waals surface area contributed by atoms with Crippen LogP contribution in [-0.2, 0) is 6.42 Å². The molecule has 5 nitrogen and oxygen atoms in total. The molecule has 0 atom stereocenters. The molecule has 0 radical (unpaired) electrons. The van der Waals surface area contributed by atoms with Crippen molar-refractivity contribution in [2.75, 3.05) is 12.4 Å². The number of halogens is 3. The van der Waals surface area contributed by atoms with Gasteiger partial charge in [-0.2, -0.15) is 5.26 Å². The van der Waals surface area contributed by atoms with Crippen molar-refractivity contribution in [3.63, 3.8) is 0 Å². The first-order valence-electron chi connectivity index (χ1n) is 6.86. The summed E-state index contributed by atoms with van der Waals surface area (Å²) in [7, 11) is 1.60. The zero-order valence-corrected chi connectivity index (χ0v) is 15.2.